The molecule has 0 aliphatic rings. The van der Waals surface area contributed by atoms with Gasteiger partial charge in [0, 0.05) is 18.0 Å². The molecule has 0 bridgehead atoms. The third-order valence-corrected chi connectivity index (χ3v) is 4.21. The molecule has 1 amide bonds. The summed E-state index contributed by atoms with van der Waals surface area (Å²) in [6.07, 6.45) is 2.49. The Morgan fingerprint density at radius 2 is 2.00 bits per heavy atom. The predicted molar refractivity (Wildman–Crippen MR) is 107 cm³/mol. The Bertz CT molecular complexity index is 976. The molecule has 0 spiro atoms. The van der Waals surface area contributed by atoms with Crippen LogP contribution in [0.5, 0.6) is 11.5 Å². The average Bonchev–Trinajstić information content (AvgIpc) is 3.03. The van der Waals surface area contributed by atoms with E-state index in [1.165, 1.54) is 0 Å². The minimum Gasteiger partial charge on any atom is -0.493 e. The summed E-state index contributed by atoms with van der Waals surface area (Å²) >= 11 is 0. The van der Waals surface area contributed by atoms with Crippen molar-refractivity contribution in [3.05, 3.63) is 59.8 Å². The lowest BCUT2D eigenvalue weighted by Crippen LogP contribution is -2.20. The van der Waals surface area contributed by atoms with E-state index in [9.17, 15) is 4.79 Å². The lowest BCUT2D eigenvalue weighted by atomic mass is 10.2. The van der Waals surface area contributed by atoms with Crippen molar-refractivity contribution in [2.24, 2.45) is 12.1 Å². The van der Waals surface area contributed by atoms with Crippen LogP contribution in [-0.4, -0.2) is 30.4 Å². The fraction of sp³-hybridized carbons (Fsp3) is 0.238. The molecule has 1 N–H and O–H groups in total. The number of methoxy groups -OCH3 is 1. The minimum absolute atomic E-state index is 0.263. The topological polar surface area (TPSA) is 64.8 Å². The number of hydrogen-bond acceptors (Lipinski definition) is 4. The fourth-order valence-corrected chi connectivity index (χ4v) is 2.83. The molecule has 3 aromatic rings. The van der Waals surface area contributed by atoms with Gasteiger partial charge in [0.15, 0.2) is 11.5 Å². The van der Waals surface area contributed by atoms with Crippen LogP contribution in [0.1, 0.15) is 29.4 Å². The standard InChI is InChI=1S/C21H23N3O3/c1-4-11-27-20-12-15(9-10-19(20)26-3)14-22-23-21(25)18-13-16-7-5-6-8-17(16)24(18)2/h5-10,12-14H,4,11H2,1-3H3,(H,23,25)/b22-14+. The first-order chi connectivity index (χ1) is 13.1. The second kappa shape index (κ2) is 8.40. The smallest absolute Gasteiger partial charge is 0.287 e. The van der Waals surface area contributed by atoms with Crippen molar-refractivity contribution in [1.29, 1.82) is 0 Å². The number of hydrogen-bond donors (Lipinski definition) is 1. The molecule has 0 saturated heterocycles. The molecule has 0 saturated carbocycles. The Morgan fingerprint density at radius 3 is 2.74 bits per heavy atom. The van der Waals surface area contributed by atoms with E-state index < -0.39 is 0 Å². The van der Waals surface area contributed by atoms with E-state index in [1.807, 2.05) is 67.1 Å². The number of fused-ring (bicyclic) bond motifs is 1. The summed E-state index contributed by atoms with van der Waals surface area (Å²) in [5.74, 6) is 1.06. The van der Waals surface area contributed by atoms with Crippen molar-refractivity contribution in [1.82, 2.24) is 9.99 Å². The second-order valence-electron chi connectivity index (χ2n) is 6.11. The van der Waals surface area contributed by atoms with Crippen LogP contribution in [0.3, 0.4) is 0 Å². The van der Waals surface area contributed by atoms with Crippen LogP contribution >= 0.6 is 0 Å². The lowest BCUT2D eigenvalue weighted by Gasteiger charge is -2.10. The van der Waals surface area contributed by atoms with Gasteiger partial charge in [-0.05, 0) is 42.3 Å². The van der Waals surface area contributed by atoms with E-state index in [-0.39, 0.29) is 5.91 Å². The van der Waals surface area contributed by atoms with Gasteiger partial charge in [0.05, 0.1) is 19.9 Å². The van der Waals surface area contributed by atoms with Crippen molar-refractivity contribution in [2.45, 2.75) is 13.3 Å². The quantitative estimate of drug-likeness (QED) is 0.512. The normalized spacial score (nSPS) is 11.1. The highest BCUT2D eigenvalue weighted by molar-refractivity contribution is 5.99. The Morgan fingerprint density at radius 1 is 1.19 bits per heavy atom. The maximum atomic E-state index is 12.4. The molecule has 2 aromatic carbocycles. The summed E-state index contributed by atoms with van der Waals surface area (Å²) in [6.45, 7) is 2.65. The number of hydrazone groups is 1. The molecule has 6 heteroatoms. The van der Waals surface area contributed by atoms with Crippen LogP contribution in [-0.2, 0) is 7.05 Å². The van der Waals surface area contributed by atoms with Crippen LogP contribution in [0.25, 0.3) is 10.9 Å². The summed E-state index contributed by atoms with van der Waals surface area (Å²) in [4.78, 5) is 12.4. The minimum atomic E-state index is -0.263. The van der Waals surface area contributed by atoms with Gasteiger partial charge in [0.2, 0.25) is 0 Å². The van der Waals surface area contributed by atoms with Crippen molar-refractivity contribution in [2.75, 3.05) is 13.7 Å². The van der Waals surface area contributed by atoms with Crippen molar-refractivity contribution >= 4 is 23.0 Å². The summed E-state index contributed by atoms with van der Waals surface area (Å²) in [6, 6.07) is 15.2. The monoisotopic (exact) mass is 365 g/mol. The SMILES string of the molecule is CCCOc1cc(/C=N/NC(=O)c2cc3ccccc3n2C)ccc1OC. The van der Waals surface area contributed by atoms with Crippen molar-refractivity contribution < 1.29 is 14.3 Å². The van der Waals surface area contributed by atoms with E-state index in [1.54, 1.807) is 13.3 Å². The average molecular weight is 365 g/mol. The number of rotatable bonds is 7. The maximum Gasteiger partial charge on any atom is 0.287 e. The summed E-state index contributed by atoms with van der Waals surface area (Å²) in [5, 5.41) is 5.09. The molecule has 3 rings (SSSR count). The van der Waals surface area contributed by atoms with E-state index in [0.29, 0.717) is 23.8 Å². The van der Waals surface area contributed by atoms with Crippen LogP contribution in [0.4, 0.5) is 0 Å². The highest BCUT2D eigenvalue weighted by Crippen LogP contribution is 2.27. The van der Waals surface area contributed by atoms with Gasteiger partial charge in [0.25, 0.3) is 5.91 Å². The Labute approximate surface area is 158 Å². The molecule has 6 nitrogen and oxygen atoms in total. The number of nitrogens with one attached hydrogen (secondary N) is 1. The summed E-state index contributed by atoms with van der Waals surface area (Å²) < 4.78 is 12.8. The predicted octanol–water partition coefficient (Wildman–Crippen LogP) is 3.74. The van der Waals surface area contributed by atoms with Gasteiger partial charge in [0.1, 0.15) is 5.69 Å². The Kier molecular flexibility index (Phi) is 5.76. The first-order valence-corrected chi connectivity index (χ1v) is 8.82. The van der Waals surface area contributed by atoms with E-state index in [4.69, 9.17) is 9.47 Å². The van der Waals surface area contributed by atoms with Crippen molar-refractivity contribution in [3.63, 3.8) is 0 Å². The molecule has 0 radical (unpaired) electrons. The lowest BCUT2D eigenvalue weighted by molar-refractivity contribution is 0.0947. The van der Waals surface area contributed by atoms with Crippen molar-refractivity contribution in [3.8, 4) is 11.5 Å². The summed E-state index contributed by atoms with van der Waals surface area (Å²) in [5.41, 5.74) is 4.93. The van der Waals surface area contributed by atoms with Gasteiger partial charge in [-0.3, -0.25) is 4.79 Å². The molecule has 0 unspecified atom stereocenters. The number of carbonyl (C=O) groups excluding carboxylic acids is 1. The van der Waals surface area contributed by atoms with Gasteiger partial charge < -0.3 is 14.0 Å². The number of benzene rings is 2. The molecule has 0 atom stereocenters. The number of aryl methyl sites for hydroxylation is 1. The number of carbonyl (C=O) groups is 1. The van der Waals surface area contributed by atoms with E-state index >= 15 is 0 Å². The summed E-state index contributed by atoms with van der Waals surface area (Å²) in [7, 11) is 3.47. The zero-order valence-electron chi connectivity index (χ0n) is 15.7. The van der Waals surface area contributed by atoms with E-state index in [0.717, 1.165) is 22.9 Å². The third-order valence-electron chi connectivity index (χ3n) is 4.21. The first-order valence-electron chi connectivity index (χ1n) is 8.82. The van der Waals surface area contributed by atoms with Gasteiger partial charge in [-0.1, -0.05) is 25.1 Å². The molecule has 0 aliphatic heterocycles. The van der Waals surface area contributed by atoms with Crippen LogP contribution < -0.4 is 14.9 Å². The Balaban J connectivity index is 1.72. The highest BCUT2D eigenvalue weighted by atomic mass is 16.5. The molecule has 0 aliphatic carbocycles. The van der Waals surface area contributed by atoms with Crippen LogP contribution in [0, 0.1) is 0 Å². The molecule has 1 aromatic heterocycles. The zero-order valence-corrected chi connectivity index (χ0v) is 15.7. The van der Waals surface area contributed by atoms with Gasteiger partial charge in [-0.25, -0.2) is 5.43 Å². The number of amides is 1. The van der Waals surface area contributed by atoms with Crippen LogP contribution in [0.2, 0.25) is 0 Å². The van der Waals surface area contributed by atoms with E-state index in [2.05, 4.69) is 10.5 Å². The maximum absolute atomic E-state index is 12.4. The molecule has 27 heavy (non-hydrogen) atoms. The number of nitrogens with zero attached hydrogens (tertiary/aromatic N) is 2. The zero-order chi connectivity index (χ0) is 19.2. The number of ether oxygens (including phenoxy) is 2. The van der Waals surface area contributed by atoms with Gasteiger partial charge >= 0.3 is 0 Å². The molecule has 0 fully saturated rings. The van der Waals surface area contributed by atoms with Crippen LogP contribution in [0.15, 0.2) is 53.6 Å². The number of para-hydroxylation sites is 1. The number of aromatic nitrogens is 1. The third kappa shape index (κ3) is 4.11. The molecular formula is C21H23N3O3. The van der Waals surface area contributed by atoms with Gasteiger partial charge in [-0.15, -0.1) is 0 Å². The second-order valence-corrected chi connectivity index (χ2v) is 6.11. The fourth-order valence-electron chi connectivity index (χ4n) is 2.83. The van der Waals surface area contributed by atoms with Gasteiger partial charge in [-0.2, -0.15) is 5.10 Å². The Hall–Kier alpha value is -3.28. The molecule has 140 valence electrons. The molecule has 1 heterocycles. The molecular weight excluding hydrogens is 342 g/mol. The highest BCUT2D eigenvalue weighted by Gasteiger charge is 2.12. The first kappa shape index (κ1) is 18.5. The largest absolute Gasteiger partial charge is 0.493 e.